The van der Waals surface area contributed by atoms with Crippen LogP contribution < -0.4 is 0 Å². The molecule has 1 aliphatic heterocycles. The van der Waals surface area contributed by atoms with Crippen molar-refractivity contribution in [2.24, 2.45) is 5.92 Å². The van der Waals surface area contributed by atoms with Crippen LogP contribution >= 0.6 is 15.9 Å². The van der Waals surface area contributed by atoms with Gasteiger partial charge in [-0.1, -0.05) is 22.9 Å². The van der Waals surface area contributed by atoms with Crippen LogP contribution in [0.15, 0.2) is 0 Å². The van der Waals surface area contributed by atoms with Crippen molar-refractivity contribution in [2.45, 2.75) is 46.1 Å². The molecule has 1 fully saturated rings. The fourth-order valence-electron chi connectivity index (χ4n) is 2.38. The van der Waals surface area contributed by atoms with E-state index in [0.717, 1.165) is 11.2 Å². The smallest absolute Gasteiger partial charge is 0.0126 e. The summed E-state index contributed by atoms with van der Waals surface area (Å²) in [6.45, 7) is 15.6. The lowest BCUT2D eigenvalue weighted by Gasteiger charge is -2.42. The Morgan fingerprint density at radius 3 is 2.12 bits per heavy atom. The monoisotopic (exact) mass is 304 g/mol. The van der Waals surface area contributed by atoms with Gasteiger partial charge in [-0.05, 0) is 46.1 Å². The van der Waals surface area contributed by atoms with Crippen LogP contribution in [0.4, 0.5) is 0 Å². The van der Waals surface area contributed by atoms with Gasteiger partial charge in [0, 0.05) is 37.0 Å². The predicted octanol–water partition coefficient (Wildman–Crippen LogP) is 3.21. The van der Waals surface area contributed by atoms with Crippen LogP contribution in [-0.4, -0.2) is 53.4 Å². The second kappa shape index (κ2) is 7.10. The van der Waals surface area contributed by atoms with Gasteiger partial charge in [-0.15, -0.1) is 0 Å². The standard InChI is InChI=1S/C14H29BrN2/c1-13(5-7-15)6-8-16-9-11-17(12-10-16)14(2,3)4/h13H,5-12H2,1-4H3. The van der Waals surface area contributed by atoms with Crippen molar-refractivity contribution >= 4 is 15.9 Å². The van der Waals surface area contributed by atoms with Gasteiger partial charge in [-0.2, -0.15) is 0 Å². The Kier molecular flexibility index (Phi) is 6.46. The highest BCUT2D eigenvalue weighted by Crippen LogP contribution is 2.17. The Hall–Kier alpha value is 0.400. The SMILES string of the molecule is CC(CCBr)CCN1CCN(C(C)(C)C)CC1. The molecule has 102 valence electrons. The normalized spacial score (nSPS) is 21.7. The zero-order valence-corrected chi connectivity index (χ0v) is 13.6. The van der Waals surface area contributed by atoms with E-state index < -0.39 is 0 Å². The molecule has 0 N–H and O–H groups in total. The molecule has 0 spiro atoms. The van der Waals surface area contributed by atoms with Crippen molar-refractivity contribution in [3.8, 4) is 0 Å². The van der Waals surface area contributed by atoms with Gasteiger partial charge in [0.15, 0.2) is 0 Å². The van der Waals surface area contributed by atoms with Gasteiger partial charge < -0.3 is 4.90 Å². The zero-order chi connectivity index (χ0) is 12.9. The Bertz CT molecular complexity index is 205. The minimum atomic E-state index is 0.343. The third-order valence-electron chi connectivity index (χ3n) is 3.86. The summed E-state index contributed by atoms with van der Waals surface area (Å²) in [4.78, 5) is 5.23. The number of hydrogen-bond acceptors (Lipinski definition) is 2. The van der Waals surface area contributed by atoms with Gasteiger partial charge in [-0.3, -0.25) is 4.90 Å². The van der Waals surface area contributed by atoms with Crippen LogP contribution in [0.25, 0.3) is 0 Å². The molecule has 2 nitrogen and oxygen atoms in total. The second-order valence-electron chi connectivity index (χ2n) is 6.37. The summed E-state index contributed by atoms with van der Waals surface area (Å²) in [5.74, 6) is 0.857. The van der Waals surface area contributed by atoms with Crippen molar-refractivity contribution in [1.82, 2.24) is 9.80 Å². The minimum Gasteiger partial charge on any atom is -0.301 e. The minimum absolute atomic E-state index is 0.343. The van der Waals surface area contributed by atoms with Gasteiger partial charge in [-0.25, -0.2) is 0 Å². The van der Waals surface area contributed by atoms with E-state index in [2.05, 4.69) is 53.4 Å². The fourth-order valence-corrected chi connectivity index (χ4v) is 3.16. The lowest BCUT2D eigenvalue weighted by atomic mass is 10.0. The highest BCUT2D eigenvalue weighted by Gasteiger charge is 2.25. The molecule has 17 heavy (non-hydrogen) atoms. The number of hydrogen-bond donors (Lipinski definition) is 0. The summed E-state index contributed by atoms with van der Waals surface area (Å²) < 4.78 is 0. The van der Waals surface area contributed by atoms with E-state index in [1.807, 2.05) is 0 Å². The first-order valence-corrected chi connectivity index (χ1v) is 8.09. The number of rotatable bonds is 5. The maximum absolute atomic E-state index is 3.53. The summed E-state index contributed by atoms with van der Waals surface area (Å²) >= 11 is 3.53. The van der Waals surface area contributed by atoms with Crippen LogP contribution in [-0.2, 0) is 0 Å². The van der Waals surface area contributed by atoms with E-state index in [1.54, 1.807) is 0 Å². The van der Waals surface area contributed by atoms with Gasteiger partial charge >= 0.3 is 0 Å². The second-order valence-corrected chi connectivity index (χ2v) is 7.16. The average molecular weight is 305 g/mol. The van der Waals surface area contributed by atoms with Gasteiger partial charge in [0.1, 0.15) is 0 Å². The molecule has 1 atom stereocenters. The highest BCUT2D eigenvalue weighted by molar-refractivity contribution is 9.09. The first kappa shape index (κ1) is 15.5. The van der Waals surface area contributed by atoms with E-state index in [0.29, 0.717) is 5.54 Å². The zero-order valence-electron chi connectivity index (χ0n) is 12.0. The first-order chi connectivity index (χ1) is 7.93. The molecule has 0 radical (unpaired) electrons. The largest absolute Gasteiger partial charge is 0.301 e. The molecule has 1 unspecified atom stereocenters. The van der Waals surface area contributed by atoms with Crippen LogP contribution in [0.2, 0.25) is 0 Å². The number of halogens is 1. The Morgan fingerprint density at radius 1 is 1.06 bits per heavy atom. The maximum Gasteiger partial charge on any atom is 0.0126 e. The molecule has 0 saturated carbocycles. The van der Waals surface area contributed by atoms with Crippen LogP contribution in [0.1, 0.15) is 40.5 Å². The van der Waals surface area contributed by atoms with Crippen molar-refractivity contribution in [3.05, 3.63) is 0 Å². The molecule has 1 saturated heterocycles. The summed E-state index contributed by atoms with van der Waals surface area (Å²) in [6, 6.07) is 0. The summed E-state index contributed by atoms with van der Waals surface area (Å²) in [5.41, 5.74) is 0.343. The van der Waals surface area contributed by atoms with Gasteiger partial charge in [0.05, 0.1) is 0 Å². The predicted molar refractivity (Wildman–Crippen MR) is 80.0 cm³/mol. The highest BCUT2D eigenvalue weighted by atomic mass is 79.9. The molecule has 0 aromatic rings. The van der Waals surface area contributed by atoms with Crippen LogP contribution in [0, 0.1) is 5.92 Å². The molecule has 0 aliphatic carbocycles. The molecular formula is C14H29BrN2. The quantitative estimate of drug-likeness (QED) is 0.720. The number of alkyl halides is 1. The van der Waals surface area contributed by atoms with Crippen molar-refractivity contribution in [3.63, 3.8) is 0 Å². The van der Waals surface area contributed by atoms with Gasteiger partial charge in [0.25, 0.3) is 0 Å². The van der Waals surface area contributed by atoms with E-state index in [9.17, 15) is 0 Å². The molecule has 0 bridgehead atoms. The van der Waals surface area contributed by atoms with Crippen molar-refractivity contribution < 1.29 is 0 Å². The third-order valence-corrected chi connectivity index (χ3v) is 4.32. The van der Waals surface area contributed by atoms with E-state index in [-0.39, 0.29) is 0 Å². The van der Waals surface area contributed by atoms with Crippen molar-refractivity contribution in [2.75, 3.05) is 38.1 Å². The van der Waals surface area contributed by atoms with Crippen LogP contribution in [0.3, 0.4) is 0 Å². The molecule has 0 aromatic heterocycles. The molecule has 1 rings (SSSR count). The van der Waals surface area contributed by atoms with Crippen LogP contribution in [0.5, 0.6) is 0 Å². The average Bonchev–Trinajstić information content (AvgIpc) is 2.26. The third kappa shape index (κ3) is 5.71. The maximum atomic E-state index is 3.53. The lowest BCUT2D eigenvalue weighted by Crippen LogP contribution is -2.53. The van der Waals surface area contributed by atoms with E-state index in [4.69, 9.17) is 0 Å². The van der Waals surface area contributed by atoms with Gasteiger partial charge in [0.2, 0.25) is 0 Å². The molecule has 3 heteroatoms. The molecule has 0 amide bonds. The molecule has 1 aliphatic rings. The molecule has 0 aromatic carbocycles. The van der Waals surface area contributed by atoms with Crippen molar-refractivity contribution in [1.29, 1.82) is 0 Å². The fraction of sp³-hybridized carbons (Fsp3) is 1.00. The molecular weight excluding hydrogens is 276 g/mol. The van der Waals surface area contributed by atoms with E-state index >= 15 is 0 Å². The number of nitrogens with zero attached hydrogens (tertiary/aromatic N) is 2. The Balaban J connectivity index is 2.19. The first-order valence-electron chi connectivity index (χ1n) is 6.97. The summed E-state index contributed by atoms with van der Waals surface area (Å²) in [6.07, 6.45) is 2.66. The summed E-state index contributed by atoms with van der Waals surface area (Å²) in [5, 5.41) is 1.14. The Labute approximate surface area is 116 Å². The topological polar surface area (TPSA) is 6.48 Å². The number of piperazine rings is 1. The Morgan fingerprint density at radius 2 is 1.65 bits per heavy atom. The summed E-state index contributed by atoms with van der Waals surface area (Å²) in [7, 11) is 0. The van der Waals surface area contributed by atoms with E-state index in [1.165, 1.54) is 45.6 Å². The lowest BCUT2D eigenvalue weighted by molar-refractivity contribution is 0.0601. The molecule has 1 heterocycles.